The number of pyridine rings is 4. The number of imidazole rings is 4. The molecule has 20 rings (SSSR count). The van der Waals surface area contributed by atoms with E-state index in [1.165, 1.54) is 31.7 Å². The van der Waals surface area contributed by atoms with Crippen molar-refractivity contribution < 1.29 is 0 Å². The molecular weight excluding hydrogens is 1540 g/mol. The van der Waals surface area contributed by atoms with E-state index in [2.05, 4.69) is 133 Å². The molecule has 0 amide bonds. The van der Waals surface area contributed by atoms with Gasteiger partial charge in [0.1, 0.15) is 47.4 Å². The fourth-order valence-corrected chi connectivity index (χ4v) is 16.3. The summed E-state index contributed by atoms with van der Waals surface area (Å²) in [5.74, 6) is 2.60. The summed E-state index contributed by atoms with van der Waals surface area (Å²) in [5.41, 5.74) is 16.4. The summed E-state index contributed by atoms with van der Waals surface area (Å²) in [6, 6.07) is 56.8. The lowest BCUT2D eigenvalue weighted by atomic mass is 9.91. The first kappa shape index (κ1) is 78.6. The second-order valence-electron chi connectivity index (χ2n) is 30.3. The number of hydrogen-bond donors (Lipinski definition) is 8. The van der Waals surface area contributed by atoms with Crippen molar-refractivity contribution in [3.8, 4) is 17.1 Å². The number of aromatic amines is 4. The van der Waals surface area contributed by atoms with Gasteiger partial charge in [0.2, 0.25) is 0 Å². The molecule has 19 aromatic rings. The van der Waals surface area contributed by atoms with Gasteiger partial charge in [0.05, 0.1) is 76.0 Å². The average Bonchev–Trinajstić information content (AvgIpc) is 1.47. The van der Waals surface area contributed by atoms with Crippen LogP contribution in [0.3, 0.4) is 0 Å². The van der Waals surface area contributed by atoms with Crippen LogP contribution < -0.4 is 43.5 Å². The Labute approximate surface area is 696 Å². The molecule has 1 saturated carbocycles. The minimum Gasteiger partial charge on any atom is -0.360 e. The van der Waals surface area contributed by atoms with Gasteiger partial charge < -0.3 is 45.8 Å². The first-order chi connectivity index (χ1) is 58.8. The molecule has 1 aliphatic rings. The first-order valence-corrected chi connectivity index (χ1v) is 40.3. The van der Waals surface area contributed by atoms with Gasteiger partial charge in [-0.05, 0) is 192 Å². The SMILES string of the molecule is CC(Nc1ncnc2nc[nH]c12)c1cc2cccc(Cl)c2c(=O)n1-c1ccccc1.CCC(Nc1ncnc2nc[nH]c12)c1cc2cccc(C)c2c(=O)n1-c1ccc(C)cc1.Cc1cccc(-n2c(C(C)Nc3ncnc4nc[nH]c34)cc3cccc(C)c3c2=O)c1.Cc1cccc2cc(C(C)Nc3ncnc4nc[nH]c34)n(C3CCC3)c(=O)c12. The summed E-state index contributed by atoms with van der Waals surface area (Å²) < 4.78 is 7.31. The topological polar surface area (TPSA) is 354 Å². The highest BCUT2D eigenvalue weighted by molar-refractivity contribution is 6.35. The fraction of sp³-hybridized carbons (Fsp3) is 0.196. The Morgan fingerprint density at radius 3 is 1.19 bits per heavy atom. The van der Waals surface area contributed by atoms with Crippen molar-refractivity contribution >= 4 is 123 Å². The van der Waals surface area contributed by atoms with Gasteiger partial charge in [-0.2, -0.15) is 0 Å². The predicted molar refractivity (Wildman–Crippen MR) is 478 cm³/mol. The lowest BCUT2D eigenvalue weighted by molar-refractivity contribution is 0.298. The maximum Gasteiger partial charge on any atom is 0.264 e. The second-order valence-corrected chi connectivity index (χ2v) is 30.7. The number of halogens is 1. The summed E-state index contributed by atoms with van der Waals surface area (Å²) in [6.07, 6.45) is 16.3. The Balaban J connectivity index is 0.000000115. The number of anilines is 4. The average molecular weight is 1630 g/mol. The zero-order valence-corrected chi connectivity index (χ0v) is 68.5. The standard InChI is InChI=1S/C25H24N6O.C24H22N6O.C22H17ClN6O.C21H22N6O/c1-4-19(30-24-22-23(27-13-26-22)28-14-29-24)20-12-17-7-5-6-16(3)21(17)25(32)31(20)18-10-8-15(2)9-11-18;1-14-6-4-9-18(10-14)30-19(11-17-8-5-7-15(2)20(17)24(30)31)16(3)29-23-21-22(26-12-25-21)27-13-28-23;1-13(28-21-19-20(25-11-24-19)26-12-27-21)17-10-14-6-5-9-16(23)18(14)22(30)29(17)15-7-3-2-4-8-15;1-12-5-3-6-14-9-16(27(15-7-4-8-15)21(28)17(12)14)13(2)26-20-18-19(23-10-22-18)24-11-25-20/h5-14,19H,4H2,1-3H3,(H2,26,27,28,29,30);4-13,16H,1-3H3,(H2,25,26,27,28,29);2-13H,1H3,(H2,24,25,26,27,28);3,5-6,9-11,13,15H,4,7-8H2,1-2H3,(H2,22,23,24,25,26). The molecule has 0 radical (unpaired) electrons. The molecule has 12 heterocycles. The number of benzene rings is 7. The molecule has 0 bridgehead atoms. The number of nitrogens with zero attached hydrogens (tertiary/aromatic N) is 16. The molecule has 0 saturated heterocycles. The Morgan fingerprint density at radius 1 is 0.372 bits per heavy atom. The van der Waals surface area contributed by atoms with E-state index in [0.29, 0.717) is 61.8 Å². The third kappa shape index (κ3) is 15.4. The van der Waals surface area contributed by atoms with Crippen LogP contribution in [0.2, 0.25) is 5.02 Å². The van der Waals surface area contributed by atoms with E-state index in [0.717, 1.165) is 141 Å². The molecule has 121 heavy (non-hydrogen) atoms. The van der Waals surface area contributed by atoms with Gasteiger partial charge in [0, 0.05) is 45.9 Å². The molecule has 1 fully saturated rings. The van der Waals surface area contributed by atoms with Crippen LogP contribution in [0.4, 0.5) is 23.3 Å². The van der Waals surface area contributed by atoms with Crippen molar-refractivity contribution in [2.24, 2.45) is 0 Å². The van der Waals surface area contributed by atoms with Crippen LogP contribution >= 0.6 is 11.6 Å². The molecule has 4 atom stereocenters. The van der Waals surface area contributed by atoms with Gasteiger partial charge in [0.15, 0.2) is 45.9 Å². The zero-order valence-electron chi connectivity index (χ0n) is 67.7. The van der Waals surface area contributed by atoms with E-state index in [-0.39, 0.29) is 52.4 Å². The molecule has 28 nitrogen and oxygen atoms in total. The summed E-state index contributed by atoms with van der Waals surface area (Å²) in [7, 11) is 0. The lowest BCUT2D eigenvalue weighted by Crippen LogP contribution is -2.33. The van der Waals surface area contributed by atoms with Crippen LogP contribution in [0.15, 0.2) is 246 Å². The number of fused-ring (bicyclic) bond motifs is 8. The summed E-state index contributed by atoms with van der Waals surface area (Å²) in [4.78, 5) is 118. The monoisotopic (exact) mass is 1620 g/mol. The minimum atomic E-state index is -0.248. The van der Waals surface area contributed by atoms with Crippen LogP contribution in [0.5, 0.6) is 0 Å². The van der Waals surface area contributed by atoms with Crippen molar-refractivity contribution in [1.82, 2.24) is 98.0 Å². The Kier molecular flexibility index (Phi) is 21.8. The third-order valence-electron chi connectivity index (χ3n) is 22.3. The van der Waals surface area contributed by atoms with E-state index in [4.69, 9.17) is 11.6 Å². The van der Waals surface area contributed by atoms with Gasteiger partial charge in [-0.15, -0.1) is 0 Å². The van der Waals surface area contributed by atoms with Crippen molar-refractivity contribution in [1.29, 1.82) is 0 Å². The highest BCUT2D eigenvalue weighted by atomic mass is 35.5. The van der Waals surface area contributed by atoms with E-state index in [1.807, 2.05) is 209 Å². The number of rotatable bonds is 17. The van der Waals surface area contributed by atoms with Gasteiger partial charge >= 0.3 is 0 Å². The number of para-hydroxylation sites is 1. The molecule has 0 spiro atoms. The fourth-order valence-electron chi connectivity index (χ4n) is 16.0. The zero-order chi connectivity index (χ0) is 83.7. The van der Waals surface area contributed by atoms with Crippen molar-refractivity contribution in [2.75, 3.05) is 21.3 Å². The van der Waals surface area contributed by atoms with Crippen LogP contribution in [0, 0.1) is 34.6 Å². The molecule has 29 heteroatoms. The number of aromatic nitrogens is 20. The summed E-state index contributed by atoms with van der Waals surface area (Å²) >= 11 is 6.38. The molecule has 7 aromatic carbocycles. The van der Waals surface area contributed by atoms with Crippen LogP contribution in [0.1, 0.15) is 134 Å². The Bertz CT molecular complexity index is 7370. The van der Waals surface area contributed by atoms with Crippen molar-refractivity contribution in [2.45, 2.75) is 118 Å². The maximum atomic E-state index is 13.8. The van der Waals surface area contributed by atoms with E-state index in [9.17, 15) is 19.2 Å². The van der Waals surface area contributed by atoms with Crippen LogP contribution in [-0.2, 0) is 0 Å². The molecule has 604 valence electrons. The normalized spacial score (nSPS) is 13.1. The molecule has 4 unspecified atom stereocenters. The van der Waals surface area contributed by atoms with E-state index < -0.39 is 0 Å². The van der Waals surface area contributed by atoms with E-state index in [1.54, 1.807) is 40.5 Å². The molecular formula is C92H85ClN24O4. The van der Waals surface area contributed by atoms with Gasteiger partial charge in [-0.3, -0.25) is 32.9 Å². The molecule has 12 aromatic heterocycles. The minimum absolute atomic E-state index is 0.0194. The first-order valence-electron chi connectivity index (χ1n) is 40.0. The maximum absolute atomic E-state index is 13.8. The largest absolute Gasteiger partial charge is 0.360 e. The smallest absolute Gasteiger partial charge is 0.264 e. The van der Waals surface area contributed by atoms with Gasteiger partial charge in [0.25, 0.3) is 22.2 Å². The van der Waals surface area contributed by atoms with Crippen LogP contribution in [-0.4, -0.2) is 98.0 Å². The molecule has 1 aliphatic carbocycles. The lowest BCUT2D eigenvalue weighted by Gasteiger charge is -2.32. The van der Waals surface area contributed by atoms with E-state index >= 15 is 0 Å². The van der Waals surface area contributed by atoms with Gasteiger partial charge in [-0.1, -0.05) is 133 Å². The number of nitrogens with one attached hydrogen (secondary N) is 8. The second kappa shape index (κ2) is 33.6. The highest BCUT2D eigenvalue weighted by Crippen LogP contribution is 2.37. The molecule has 8 N–H and O–H groups in total. The highest BCUT2D eigenvalue weighted by Gasteiger charge is 2.29. The summed E-state index contributed by atoms with van der Waals surface area (Å²) in [5, 5.41) is 20.7. The van der Waals surface area contributed by atoms with Crippen molar-refractivity contribution in [3.05, 3.63) is 324 Å². The van der Waals surface area contributed by atoms with Gasteiger partial charge in [-0.25, -0.2) is 59.8 Å². The predicted octanol–water partition coefficient (Wildman–Crippen LogP) is 17.6. The Hall–Kier alpha value is -14.9. The number of hydrogen-bond acceptors (Lipinski definition) is 20. The number of aryl methyl sites for hydroxylation is 5. The molecule has 0 aliphatic heterocycles. The quantitative estimate of drug-likeness (QED) is 0.0420. The number of H-pyrrole nitrogens is 4. The Morgan fingerprint density at radius 2 is 0.744 bits per heavy atom. The third-order valence-corrected chi connectivity index (χ3v) is 22.6. The van der Waals surface area contributed by atoms with Crippen LogP contribution in [0.25, 0.3) is 105 Å². The van der Waals surface area contributed by atoms with Crippen molar-refractivity contribution in [3.63, 3.8) is 0 Å². The summed E-state index contributed by atoms with van der Waals surface area (Å²) in [6.45, 7) is 18.2.